The molecule has 0 aromatic heterocycles. The number of nitrogens with two attached hydrogens (primary N) is 1. The summed E-state index contributed by atoms with van der Waals surface area (Å²) in [5.41, 5.74) is 5.67. The summed E-state index contributed by atoms with van der Waals surface area (Å²) in [6.45, 7) is 4.68. The van der Waals surface area contributed by atoms with E-state index in [1.807, 2.05) is 13.8 Å². The number of amides is 2. The fourth-order valence-electron chi connectivity index (χ4n) is 7.00. The number of nitrogens with one attached hydrogen (secondary N) is 2. The molecule has 5 rings (SSSR count). The first-order chi connectivity index (χ1) is 12.9. The summed E-state index contributed by atoms with van der Waals surface area (Å²) in [5.74, 6) is 2.79. The third kappa shape index (κ3) is 3.64. The number of carbonyl (C=O) groups excluding carboxylic acids is 2. The van der Waals surface area contributed by atoms with Gasteiger partial charge in [-0.05, 0) is 87.5 Å². The Labute approximate surface area is 163 Å². The Morgan fingerprint density at radius 1 is 1.04 bits per heavy atom. The van der Waals surface area contributed by atoms with Crippen molar-refractivity contribution in [3.05, 3.63) is 0 Å². The van der Waals surface area contributed by atoms with Crippen molar-refractivity contribution in [1.29, 1.82) is 0 Å². The van der Waals surface area contributed by atoms with Crippen molar-refractivity contribution >= 4 is 11.8 Å². The summed E-state index contributed by atoms with van der Waals surface area (Å²) in [6, 6.07) is -0.273. The Morgan fingerprint density at radius 3 is 2.15 bits per heavy atom. The molecule has 5 heteroatoms. The van der Waals surface area contributed by atoms with Crippen LogP contribution in [0, 0.1) is 35.0 Å². The Balaban J connectivity index is 1.42. The Hall–Kier alpha value is -1.10. The van der Waals surface area contributed by atoms with Gasteiger partial charge in [-0.3, -0.25) is 9.59 Å². The van der Waals surface area contributed by atoms with E-state index in [4.69, 9.17) is 5.73 Å². The van der Waals surface area contributed by atoms with Gasteiger partial charge in [-0.1, -0.05) is 20.3 Å². The zero-order valence-electron chi connectivity index (χ0n) is 17.0. The van der Waals surface area contributed by atoms with E-state index in [2.05, 4.69) is 10.6 Å². The van der Waals surface area contributed by atoms with Crippen LogP contribution < -0.4 is 16.4 Å². The van der Waals surface area contributed by atoms with Crippen molar-refractivity contribution in [2.24, 2.45) is 40.7 Å². The van der Waals surface area contributed by atoms with E-state index in [1.54, 1.807) is 0 Å². The topological polar surface area (TPSA) is 84.2 Å². The molecule has 3 unspecified atom stereocenters. The van der Waals surface area contributed by atoms with Gasteiger partial charge in [0.15, 0.2) is 0 Å². The summed E-state index contributed by atoms with van der Waals surface area (Å²) in [6.07, 6.45) is 10.3. The number of hydrogen-bond donors (Lipinski definition) is 3. The molecule has 5 saturated carbocycles. The molecule has 2 amide bonds. The van der Waals surface area contributed by atoms with Crippen LogP contribution >= 0.6 is 0 Å². The first-order valence-electron chi connectivity index (χ1n) is 11.2. The Kier molecular flexibility index (Phi) is 5.26. The first-order valence-corrected chi connectivity index (χ1v) is 11.2. The Bertz CT molecular complexity index is 553. The van der Waals surface area contributed by atoms with Crippen molar-refractivity contribution in [1.82, 2.24) is 10.6 Å². The van der Waals surface area contributed by atoms with E-state index >= 15 is 0 Å². The molecular weight excluding hydrogens is 338 g/mol. The third-order valence-electron chi connectivity index (χ3n) is 8.05. The van der Waals surface area contributed by atoms with E-state index in [1.165, 1.54) is 19.3 Å². The summed E-state index contributed by atoms with van der Waals surface area (Å²) in [4.78, 5) is 26.4. The van der Waals surface area contributed by atoms with Gasteiger partial charge in [0.1, 0.15) is 6.04 Å². The second-order valence-electron chi connectivity index (χ2n) is 10.4. The highest BCUT2D eigenvalue weighted by atomic mass is 16.2. The van der Waals surface area contributed by atoms with Crippen LogP contribution in [0.5, 0.6) is 0 Å². The molecule has 0 aromatic carbocycles. The van der Waals surface area contributed by atoms with Crippen LogP contribution in [-0.2, 0) is 9.59 Å². The van der Waals surface area contributed by atoms with E-state index in [0.29, 0.717) is 12.5 Å². The third-order valence-corrected chi connectivity index (χ3v) is 8.05. The summed E-state index contributed by atoms with van der Waals surface area (Å²) in [7, 11) is 0. The lowest BCUT2D eigenvalue weighted by Crippen LogP contribution is -2.59. The average Bonchev–Trinajstić information content (AvgIpc) is 3.04. The molecule has 4 N–H and O–H groups in total. The minimum atomic E-state index is -0.440. The summed E-state index contributed by atoms with van der Waals surface area (Å²) < 4.78 is 0. The van der Waals surface area contributed by atoms with Crippen LogP contribution in [0.3, 0.4) is 0 Å². The standard InChI is InChI=1S/C22H37N3O2/c1-13(2)19(20(26)24-18-5-3-4-17(18)12-23)25-21(27)22-9-14-6-15(10-22)8-16(7-14)11-22/h13-19H,3-12,23H2,1-2H3,(H,24,26)(H,25,27). The van der Waals surface area contributed by atoms with Gasteiger partial charge in [-0.25, -0.2) is 0 Å². The van der Waals surface area contributed by atoms with Gasteiger partial charge in [-0.15, -0.1) is 0 Å². The number of rotatable bonds is 6. The van der Waals surface area contributed by atoms with E-state index in [-0.39, 0.29) is 29.2 Å². The molecular formula is C22H37N3O2. The number of hydrogen-bond acceptors (Lipinski definition) is 3. The highest BCUT2D eigenvalue weighted by Gasteiger charge is 2.55. The molecule has 0 spiro atoms. The Morgan fingerprint density at radius 2 is 1.63 bits per heavy atom. The molecule has 5 fully saturated rings. The van der Waals surface area contributed by atoms with E-state index in [0.717, 1.165) is 56.3 Å². The van der Waals surface area contributed by atoms with Crippen LogP contribution in [0.1, 0.15) is 71.6 Å². The van der Waals surface area contributed by atoms with Crippen molar-refractivity contribution in [2.45, 2.75) is 83.7 Å². The van der Waals surface area contributed by atoms with Crippen LogP contribution in [-0.4, -0.2) is 30.4 Å². The predicted molar refractivity (Wildman–Crippen MR) is 106 cm³/mol. The highest BCUT2D eigenvalue weighted by Crippen LogP contribution is 2.60. The zero-order valence-corrected chi connectivity index (χ0v) is 17.0. The molecule has 0 aliphatic heterocycles. The van der Waals surface area contributed by atoms with Crippen LogP contribution in [0.2, 0.25) is 0 Å². The lowest BCUT2D eigenvalue weighted by atomic mass is 9.49. The lowest BCUT2D eigenvalue weighted by Gasteiger charge is -2.55. The normalized spacial score (nSPS) is 41.0. The molecule has 3 atom stereocenters. The first kappa shape index (κ1) is 19.2. The largest absolute Gasteiger partial charge is 0.351 e. The smallest absolute Gasteiger partial charge is 0.243 e. The van der Waals surface area contributed by atoms with Gasteiger partial charge in [0, 0.05) is 11.5 Å². The van der Waals surface area contributed by atoms with Gasteiger partial charge >= 0.3 is 0 Å². The molecule has 5 aliphatic rings. The minimum Gasteiger partial charge on any atom is -0.351 e. The number of carbonyl (C=O) groups is 2. The van der Waals surface area contributed by atoms with Gasteiger partial charge in [0.05, 0.1) is 0 Å². The molecule has 5 aliphatic carbocycles. The van der Waals surface area contributed by atoms with Crippen molar-refractivity contribution < 1.29 is 9.59 Å². The van der Waals surface area contributed by atoms with Gasteiger partial charge in [0.2, 0.25) is 11.8 Å². The van der Waals surface area contributed by atoms with Crippen molar-refractivity contribution in [3.63, 3.8) is 0 Å². The van der Waals surface area contributed by atoms with Crippen LogP contribution in [0.25, 0.3) is 0 Å². The van der Waals surface area contributed by atoms with Gasteiger partial charge < -0.3 is 16.4 Å². The van der Waals surface area contributed by atoms with E-state index in [9.17, 15) is 9.59 Å². The molecule has 5 nitrogen and oxygen atoms in total. The second-order valence-corrected chi connectivity index (χ2v) is 10.4. The van der Waals surface area contributed by atoms with Crippen molar-refractivity contribution in [2.75, 3.05) is 6.54 Å². The average molecular weight is 376 g/mol. The van der Waals surface area contributed by atoms with Gasteiger partial charge in [0.25, 0.3) is 0 Å². The molecule has 0 heterocycles. The maximum Gasteiger partial charge on any atom is 0.243 e. The molecule has 0 radical (unpaired) electrons. The monoisotopic (exact) mass is 375 g/mol. The molecule has 4 bridgehead atoms. The minimum absolute atomic E-state index is 0.0200. The lowest BCUT2D eigenvalue weighted by molar-refractivity contribution is -0.149. The highest BCUT2D eigenvalue weighted by molar-refractivity contribution is 5.90. The fourth-order valence-corrected chi connectivity index (χ4v) is 7.00. The fraction of sp³-hybridized carbons (Fsp3) is 0.909. The molecule has 27 heavy (non-hydrogen) atoms. The molecule has 0 aromatic rings. The predicted octanol–water partition coefficient (Wildman–Crippen LogP) is 2.59. The van der Waals surface area contributed by atoms with E-state index < -0.39 is 6.04 Å². The van der Waals surface area contributed by atoms with Crippen LogP contribution in [0.4, 0.5) is 0 Å². The summed E-state index contributed by atoms with van der Waals surface area (Å²) >= 11 is 0. The maximum atomic E-state index is 13.4. The van der Waals surface area contributed by atoms with Crippen molar-refractivity contribution in [3.8, 4) is 0 Å². The molecule has 0 saturated heterocycles. The molecule has 152 valence electrons. The summed E-state index contributed by atoms with van der Waals surface area (Å²) in [5, 5.41) is 6.40. The second kappa shape index (κ2) is 7.38. The SMILES string of the molecule is CC(C)C(NC(=O)C12CC3CC(CC(C3)C1)C2)C(=O)NC1CCCC1CN. The quantitative estimate of drug-likeness (QED) is 0.667. The van der Waals surface area contributed by atoms with Crippen LogP contribution in [0.15, 0.2) is 0 Å². The zero-order chi connectivity index (χ0) is 19.2. The maximum absolute atomic E-state index is 13.4. The van der Waals surface area contributed by atoms with Gasteiger partial charge in [-0.2, -0.15) is 0 Å².